The van der Waals surface area contributed by atoms with Crippen molar-refractivity contribution < 1.29 is 23.9 Å². The van der Waals surface area contributed by atoms with E-state index in [1.807, 2.05) is 12.1 Å². The highest BCUT2D eigenvalue weighted by Crippen LogP contribution is 2.30. The smallest absolute Gasteiger partial charge is 0.261 e. The maximum absolute atomic E-state index is 13.0. The van der Waals surface area contributed by atoms with Gasteiger partial charge in [0.1, 0.15) is 5.75 Å². The molecule has 0 bridgehead atoms. The molecule has 0 aliphatic carbocycles. The molecule has 0 unspecified atom stereocenters. The van der Waals surface area contributed by atoms with Crippen molar-refractivity contribution in [2.75, 3.05) is 33.1 Å². The summed E-state index contributed by atoms with van der Waals surface area (Å²) in [6.45, 7) is 0.117. The summed E-state index contributed by atoms with van der Waals surface area (Å²) >= 11 is 0. The molecule has 34 heavy (non-hydrogen) atoms. The molecule has 0 aromatic heterocycles. The van der Waals surface area contributed by atoms with Crippen molar-refractivity contribution in [3.63, 3.8) is 0 Å². The van der Waals surface area contributed by atoms with Crippen LogP contribution in [0.2, 0.25) is 0 Å². The van der Waals surface area contributed by atoms with Crippen LogP contribution in [0.3, 0.4) is 0 Å². The summed E-state index contributed by atoms with van der Waals surface area (Å²) in [4.78, 5) is 53.4. The molecule has 4 rings (SSSR count). The van der Waals surface area contributed by atoms with Gasteiger partial charge in [-0.25, -0.2) is 0 Å². The van der Waals surface area contributed by atoms with Gasteiger partial charge in [0.25, 0.3) is 17.7 Å². The lowest BCUT2D eigenvalue weighted by Crippen LogP contribution is -2.41. The van der Waals surface area contributed by atoms with Crippen LogP contribution in [0, 0.1) is 0 Å². The van der Waals surface area contributed by atoms with Gasteiger partial charge in [0.15, 0.2) is 0 Å². The average molecular weight is 460 g/mol. The lowest BCUT2D eigenvalue weighted by molar-refractivity contribution is -0.116. The quantitative estimate of drug-likeness (QED) is 0.545. The Morgan fingerprint density at radius 1 is 0.971 bits per heavy atom. The van der Waals surface area contributed by atoms with E-state index >= 15 is 0 Å². The largest absolute Gasteiger partial charge is 0.495 e. The maximum atomic E-state index is 13.0. The van der Waals surface area contributed by atoms with Crippen LogP contribution in [-0.4, -0.2) is 61.2 Å². The molecule has 3 aromatic carbocycles. The number of benzene rings is 3. The monoisotopic (exact) mass is 459 g/mol. The lowest BCUT2D eigenvalue weighted by atomic mass is 9.94. The number of hydrogen-bond acceptors (Lipinski definition) is 5. The molecule has 0 radical (unpaired) electrons. The Labute approximate surface area is 197 Å². The second-order valence-electron chi connectivity index (χ2n) is 8.24. The third-order valence-electron chi connectivity index (χ3n) is 5.77. The van der Waals surface area contributed by atoms with Gasteiger partial charge in [0.05, 0.1) is 12.8 Å². The van der Waals surface area contributed by atoms with Crippen molar-refractivity contribution in [3.8, 4) is 5.75 Å². The van der Waals surface area contributed by atoms with Gasteiger partial charge in [0, 0.05) is 49.1 Å². The van der Waals surface area contributed by atoms with Crippen molar-refractivity contribution >= 4 is 40.1 Å². The summed E-state index contributed by atoms with van der Waals surface area (Å²) in [7, 11) is 4.77. The standard InChI is InChI=1S/C26H25N3O5/c1-28(2)24(31)17-12-13-21(34-3)20(15-17)27-22(30)11-6-14-29-25(32)18-9-4-7-16-8-5-10-19(23(16)18)26(29)33/h4-5,7-10,12-13,15H,6,11,14H2,1-3H3,(H,27,30). The van der Waals surface area contributed by atoms with Crippen molar-refractivity contribution in [3.05, 3.63) is 71.3 Å². The van der Waals surface area contributed by atoms with Gasteiger partial charge in [-0.2, -0.15) is 0 Å². The molecule has 8 heteroatoms. The van der Waals surface area contributed by atoms with E-state index in [9.17, 15) is 19.2 Å². The summed E-state index contributed by atoms with van der Waals surface area (Å²) in [6, 6.07) is 15.6. The predicted octanol–water partition coefficient (Wildman–Crippen LogP) is 3.57. The van der Waals surface area contributed by atoms with Crippen LogP contribution in [0.15, 0.2) is 54.6 Å². The van der Waals surface area contributed by atoms with Gasteiger partial charge < -0.3 is 15.0 Å². The molecule has 1 N–H and O–H groups in total. The van der Waals surface area contributed by atoms with Crippen molar-refractivity contribution in [1.82, 2.24) is 9.80 Å². The molecule has 174 valence electrons. The number of ether oxygens (including phenoxy) is 1. The Balaban J connectivity index is 1.43. The van der Waals surface area contributed by atoms with E-state index in [2.05, 4.69) is 5.32 Å². The van der Waals surface area contributed by atoms with E-state index in [1.165, 1.54) is 16.9 Å². The van der Waals surface area contributed by atoms with Crippen LogP contribution in [0.25, 0.3) is 10.8 Å². The van der Waals surface area contributed by atoms with Gasteiger partial charge in [-0.15, -0.1) is 0 Å². The first-order valence-electron chi connectivity index (χ1n) is 10.9. The van der Waals surface area contributed by atoms with E-state index in [4.69, 9.17) is 4.74 Å². The van der Waals surface area contributed by atoms with Crippen LogP contribution in [-0.2, 0) is 4.79 Å². The summed E-state index contributed by atoms with van der Waals surface area (Å²) in [5.41, 5.74) is 1.78. The van der Waals surface area contributed by atoms with E-state index < -0.39 is 0 Å². The molecule has 1 aliphatic heterocycles. The molecule has 8 nitrogen and oxygen atoms in total. The van der Waals surface area contributed by atoms with Gasteiger partial charge in [-0.05, 0) is 42.1 Å². The Bertz CT molecular complexity index is 1260. The SMILES string of the molecule is COc1ccc(C(=O)N(C)C)cc1NC(=O)CCCN1C(=O)c2cccc3cccc(c23)C1=O. The minimum Gasteiger partial charge on any atom is -0.495 e. The summed E-state index contributed by atoms with van der Waals surface area (Å²) in [5, 5.41) is 4.29. The average Bonchev–Trinajstić information content (AvgIpc) is 2.83. The fourth-order valence-electron chi connectivity index (χ4n) is 4.09. The van der Waals surface area contributed by atoms with Crippen LogP contribution < -0.4 is 10.1 Å². The number of amides is 4. The number of nitrogens with one attached hydrogen (secondary N) is 1. The first-order valence-corrected chi connectivity index (χ1v) is 10.9. The molecular weight excluding hydrogens is 434 g/mol. The number of methoxy groups -OCH3 is 1. The van der Waals surface area contributed by atoms with Crippen molar-refractivity contribution in [2.24, 2.45) is 0 Å². The Morgan fingerprint density at radius 2 is 1.62 bits per heavy atom. The minimum absolute atomic E-state index is 0.0813. The molecule has 4 amide bonds. The van der Waals surface area contributed by atoms with Gasteiger partial charge in [-0.3, -0.25) is 24.1 Å². The second kappa shape index (κ2) is 9.35. The molecule has 0 spiro atoms. The third-order valence-corrected chi connectivity index (χ3v) is 5.77. The van der Waals surface area contributed by atoms with Crippen LogP contribution >= 0.6 is 0 Å². The van der Waals surface area contributed by atoms with Gasteiger partial charge in [0.2, 0.25) is 5.91 Å². The topological polar surface area (TPSA) is 96.0 Å². The van der Waals surface area contributed by atoms with Crippen LogP contribution in [0.1, 0.15) is 43.9 Å². The maximum Gasteiger partial charge on any atom is 0.261 e. The van der Waals surface area contributed by atoms with E-state index in [0.29, 0.717) is 39.9 Å². The molecule has 1 heterocycles. The molecule has 1 aliphatic rings. The van der Waals surface area contributed by atoms with Gasteiger partial charge >= 0.3 is 0 Å². The Kier molecular flexibility index (Phi) is 6.32. The normalized spacial score (nSPS) is 12.6. The summed E-state index contributed by atoms with van der Waals surface area (Å²) in [6.07, 6.45) is 0.373. The number of anilines is 1. The van der Waals surface area contributed by atoms with Crippen LogP contribution in [0.4, 0.5) is 5.69 Å². The van der Waals surface area contributed by atoms with Crippen LogP contribution in [0.5, 0.6) is 5.75 Å². The highest BCUT2D eigenvalue weighted by Gasteiger charge is 2.32. The second-order valence-corrected chi connectivity index (χ2v) is 8.24. The lowest BCUT2D eigenvalue weighted by Gasteiger charge is -2.27. The zero-order valence-electron chi connectivity index (χ0n) is 19.3. The predicted molar refractivity (Wildman–Crippen MR) is 128 cm³/mol. The number of carbonyl (C=O) groups excluding carboxylic acids is 4. The fourth-order valence-corrected chi connectivity index (χ4v) is 4.09. The zero-order valence-corrected chi connectivity index (χ0v) is 19.3. The number of carbonyl (C=O) groups is 4. The van der Waals surface area contributed by atoms with Crippen molar-refractivity contribution in [1.29, 1.82) is 0 Å². The minimum atomic E-state index is -0.355. The number of rotatable bonds is 7. The summed E-state index contributed by atoms with van der Waals surface area (Å²) in [5.74, 6) is -0.796. The molecular formula is C26H25N3O5. The molecule has 0 saturated heterocycles. The molecule has 0 fully saturated rings. The van der Waals surface area contributed by atoms with E-state index in [1.54, 1.807) is 56.6 Å². The molecule has 0 atom stereocenters. The highest BCUT2D eigenvalue weighted by molar-refractivity contribution is 6.25. The fraction of sp³-hybridized carbons (Fsp3) is 0.231. The highest BCUT2D eigenvalue weighted by atomic mass is 16.5. The number of hydrogen-bond donors (Lipinski definition) is 1. The van der Waals surface area contributed by atoms with Crippen molar-refractivity contribution in [2.45, 2.75) is 12.8 Å². The first-order chi connectivity index (χ1) is 16.3. The third kappa shape index (κ3) is 4.22. The number of imide groups is 1. The Morgan fingerprint density at radius 3 is 2.21 bits per heavy atom. The van der Waals surface area contributed by atoms with E-state index in [-0.39, 0.29) is 36.6 Å². The zero-order chi connectivity index (χ0) is 24.4. The molecule has 3 aromatic rings. The Hall–Kier alpha value is -4.20. The number of nitrogens with zero attached hydrogens (tertiary/aromatic N) is 2. The van der Waals surface area contributed by atoms with E-state index in [0.717, 1.165) is 5.39 Å². The summed E-state index contributed by atoms with van der Waals surface area (Å²) < 4.78 is 5.29. The van der Waals surface area contributed by atoms with Gasteiger partial charge in [-0.1, -0.05) is 24.3 Å². The first kappa shape index (κ1) is 23.0. The molecule has 0 saturated carbocycles.